The minimum Gasteiger partial charge on any atom is -0.458 e. The highest BCUT2D eigenvalue weighted by molar-refractivity contribution is 7.14. The highest BCUT2D eigenvalue weighted by atomic mass is 32.1. The quantitative estimate of drug-likeness (QED) is 0.658. The van der Waals surface area contributed by atoms with Crippen LogP contribution in [0.2, 0.25) is 0 Å². The third kappa shape index (κ3) is 4.77. The normalized spacial score (nSPS) is 11.3. The molecule has 0 saturated carbocycles. The van der Waals surface area contributed by atoms with Crippen molar-refractivity contribution in [3.63, 3.8) is 0 Å². The second-order valence-corrected chi connectivity index (χ2v) is 6.60. The lowest BCUT2D eigenvalue weighted by molar-refractivity contribution is -0.137. The fourth-order valence-electron chi connectivity index (χ4n) is 2.25. The summed E-state index contributed by atoms with van der Waals surface area (Å²) in [4.78, 5) is 27.3. The van der Waals surface area contributed by atoms with Gasteiger partial charge in [-0.3, -0.25) is 14.9 Å². The van der Waals surface area contributed by atoms with Gasteiger partial charge in [0.05, 0.1) is 12.1 Å². The standard InChI is InChI=1S/C18H14F3N3O3S/c1-10(25)22-8-13-6-7-15(27-13)14-9-28-17(23-14)24-16(26)11-2-4-12(5-3-11)18(19,20)21/h2-7,9H,8H2,1H3,(H,22,25)(H,23,24,26). The van der Waals surface area contributed by atoms with Crippen molar-refractivity contribution >= 4 is 28.3 Å². The van der Waals surface area contributed by atoms with E-state index in [1.165, 1.54) is 6.92 Å². The van der Waals surface area contributed by atoms with Gasteiger partial charge in [-0.1, -0.05) is 0 Å². The Bertz CT molecular complexity index is 993. The van der Waals surface area contributed by atoms with Crippen LogP contribution in [0.15, 0.2) is 46.2 Å². The van der Waals surface area contributed by atoms with E-state index in [2.05, 4.69) is 15.6 Å². The van der Waals surface area contributed by atoms with Gasteiger partial charge >= 0.3 is 6.18 Å². The molecule has 1 aromatic carbocycles. The lowest BCUT2D eigenvalue weighted by Gasteiger charge is -2.07. The van der Waals surface area contributed by atoms with Crippen LogP contribution in [-0.4, -0.2) is 16.8 Å². The molecule has 0 bridgehead atoms. The number of nitrogens with zero attached hydrogens (tertiary/aromatic N) is 1. The van der Waals surface area contributed by atoms with Crippen molar-refractivity contribution in [2.24, 2.45) is 0 Å². The van der Waals surface area contributed by atoms with Gasteiger partial charge in [-0.05, 0) is 36.4 Å². The first-order valence-corrected chi connectivity index (χ1v) is 8.88. The van der Waals surface area contributed by atoms with Crippen LogP contribution in [0, 0.1) is 0 Å². The smallest absolute Gasteiger partial charge is 0.416 e. The van der Waals surface area contributed by atoms with E-state index in [-0.39, 0.29) is 23.1 Å². The molecule has 3 rings (SSSR count). The summed E-state index contributed by atoms with van der Waals surface area (Å²) in [6.45, 7) is 1.65. The Hall–Kier alpha value is -3.14. The maximum absolute atomic E-state index is 12.6. The zero-order chi connectivity index (χ0) is 20.3. The topological polar surface area (TPSA) is 84.2 Å². The molecule has 0 atom stereocenters. The molecular weight excluding hydrogens is 395 g/mol. The van der Waals surface area contributed by atoms with Gasteiger partial charge < -0.3 is 9.73 Å². The minimum atomic E-state index is -4.46. The van der Waals surface area contributed by atoms with E-state index in [1.807, 2.05) is 0 Å². The molecule has 0 unspecified atom stereocenters. The molecule has 0 saturated heterocycles. The summed E-state index contributed by atoms with van der Waals surface area (Å²) in [6, 6.07) is 7.29. The van der Waals surface area contributed by atoms with Gasteiger partial charge in [0.2, 0.25) is 5.91 Å². The van der Waals surface area contributed by atoms with Gasteiger partial charge in [0.1, 0.15) is 11.5 Å². The highest BCUT2D eigenvalue weighted by Gasteiger charge is 2.30. The molecular formula is C18H14F3N3O3S. The van der Waals surface area contributed by atoms with Crippen molar-refractivity contribution in [2.45, 2.75) is 19.6 Å². The number of aromatic nitrogens is 1. The van der Waals surface area contributed by atoms with Gasteiger partial charge in [0.15, 0.2) is 10.9 Å². The van der Waals surface area contributed by atoms with E-state index in [9.17, 15) is 22.8 Å². The Labute approximate surface area is 161 Å². The van der Waals surface area contributed by atoms with Crippen LogP contribution in [-0.2, 0) is 17.5 Å². The molecule has 2 amide bonds. The van der Waals surface area contributed by atoms with Gasteiger partial charge in [-0.25, -0.2) is 4.98 Å². The van der Waals surface area contributed by atoms with Crippen LogP contribution in [0.5, 0.6) is 0 Å². The van der Waals surface area contributed by atoms with Crippen molar-refractivity contribution < 1.29 is 27.2 Å². The van der Waals surface area contributed by atoms with Crippen LogP contribution >= 0.6 is 11.3 Å². The first kappa shape index (κ1) is 19.6. The van der Waals surface area contributed by atoms with Gasteiger partial charge in [-0.15, -0.1) is 11.3 Å². The number of anilines is 1. The first-order chi connectivity index (χ1) is 13.2. The fraction of sp³-hybridized carbons (Fsp3) is 0.167. The Morgan fingerprint density at radius 1 is 1.14 bits per heavy atom. The molecule has 0 spiro atoms. The first-order valence-electron chi connectivity index (χ1n) is 8.00. The third-order valence-electron chi connectivity index (χ3n) is 3.62. The van der Waals surface area contributed by atoms with E-state index < -0.39 is 17.6 Å². The highest BCUT2D eigenvalue weighted by Crippen LogP contribution is 2.30. The molecule has 0 aliphatic carbocycles. The molecule has 2 aromatic heterocycles. The maximum Gasteiger partial charge on any atom is 0.416 e. The molecule has 28 heavy (non-hydrogen) atoms. The average molecular weight is 409 g/mol. The van der Waals surface area contributed by atoms with E-state index in [1.54, 1.807) is 17.5 Å². The number of amides is 2. The van der Waals surface area contributed by atoms with E-state index in [0.717, 1.165) is 35.6 Å². The molecule has 0 aliphatic rings. The van der Waals surface area contributed by atoms with Gasteiger partial charge in [0.25, 0.3) is 5.91 Å². The number of hydrogen-bond donors (Lipinski definition) is 2. The Balaban J connectivity index is 1.66. The average Bonchev–Trinajstić information content (AvgIpc) is 3.28. The van der Waals surface area contributed by atoms with Crippen molar-refractivity contribution in [1.29, 1.82) is 0 Å². The number of alkyl halides is 3. The van der Waals surface area contributed by atoms with Crippen LogP contribution in [0.1, 0.15) is 28.6 Å². The number of carbonyl (C=O) groups excluding carboxylic acids is 2. The Morgan fingerprint density at radius 2 is 1.86 bits per heavy atom. The van der Waals surface area contributed by atoms with Gasteiger partial charge in [0, 0.05) is 17.9 Å². The largest absolute Gasteiger partial charge is 0.458 e. The molecule has 146 valence electrons. The lowest BCUT2D eigenvalue weighted by atomic mass is 10.1. The molecule has 6 nitrogen and oxygen atoms in total. The van der Waals surface area contributed by atoms with Crippen LogP contribution in [0.4, 0.5) is 18.3 Å². The Kier molecular flexibility index (Phi) is 5.50. The number of halogens is 3. The number of nitrogens with one attached hydrogen (secondary N) is 2. The van der Waals surface area contributed by atoms with Crippen molar-refractivity contribution in [2.75, 3.05) is 5.32 Å². The number of hydrogen-bond acceptors (Lipinski definition) is 5. The fourth-order valence-corrected chi connectivity index (χ4v) is 2.94. The molecule has 0 fully saturated rings. The zero-order valence-corrected chi connectivity index (χ0v) is 15.3. The second kappa shape index (κ2) is 7.85. The Morgan fingerprint density at radius 3 is 2.50 bits per heavy atom. The van der Waals surface area contributed by atoms with E-state index in [4.69, 9.17) is 4.42 Å². The summed E-state index contributed by atoms with van der Waals surface area (Å²) in [6.07, 6.45) is -4.46. The molecule has 0 radical (unpaired) electrons. The molecule has 2 heterocycles. The summed E-state index contributed by atoms with van der Waals surface area (Å²) in [7, 11) is 0. The van der Waals surface area contributed by atoms with Crippen molar-refractivity contribution in [3.8, 4) is 11.5 Å². The summed E-state index contributed by atoms with van der Waals surface area (Å²) in [5, 5.41) is 7.10. The maximum atomic E-state index is 12.6. The van der Waals surface area contributed by atoms with E-state index in [0.29, 0.717) is 17.2 Å². The van der Waals surface area contributed by atoms with Crippen molar-refractivity contribution in [3.05, 3.63) is 58.7 Å². The minimum absolute atomic E-state index is 0.0837. The number of thiazole rings is 1. The van der Waals surface area contributed by atoms with E-state index >= 15 is 0 Å². The predicted octanol–water partition coefficient (Wildman–Crippen LogP) is 4.31. The number of furan rings is 1. The summed E-state index contributed by atoms with van der Waals surface area (Å²) in [5.74, 6) is 0.264. The molecule has 0 aliphatic heterocycles. The number of benzene rings is 1. The predicted molar refractivity (Wildman–Crippen MR) is 96.7 cm³/mol. The van der Waals surface area contributed by atoms with Gasteiger partial charge in [-0.2, -0.15) is 13.2 Å². The van der Waals surface area contributed by atoms with Crippen LogP contribution < -0.4 is 10.6 Å². The lowest BCUT2D eigenvalue weighted by Crippen LogP contribution is -2.18. The number of carbonyl (C=O) groups is 2. The SMILES string of the molecule is CC(=O)NCc1ccc(-c2csc(NC(=O)c3ccc(C(F)(F)F)cc3)n2)o1. The molecule has 10 heteroatoms. The monoisotopic (exact) mass is 409 g/mol. The molecule has 3 aromatic rings. The molecule has 2 N–H and O–H groups in total. The van der Waals surface area contributed by atoms with Crippen LogP contribution in [0.25, 0.3) is 11.5 Å². The third-order valence-corrected chi connectivity index (χ3v) is 4.38. The van der Waals surface area contributed by atoms with Crippen LogP contribution in [0.3, 0.4) is 0 Å². The number of rotatable bonds is 5. The van der Waals surface area contributed by atoms with Crippen molar-refractivity contribution in [1.82, 2.24) is 10.3 Å². The zero-order valence-electron chi connectivity index (χ0n) is 14.5. The summed E-state index contributed by atoms with van der Waals surface area (Å²) < 4.78 is 43.3. The summed E-state index contributed by atoms with van der Waals surface area (Å²) in [5.41, 5.74) is -0.254. The summed E-state index contributed by atoms with van der Waals surface area (Å²) >= 11 is 1.15. The second-order valence-electron chi connectivity index (χ2n) is 5.74.